The topological polar surface area (TPSA) is 65.1 Å². The molecule has 0 unspecified atom stereocenters. The van der Waals surface area contributed by atoms with Crippen molar-refractivity contribution in [2.45, 2.75) is 13.3 Å². The minimum Gasteiger partial charge on any atom is -0.384 e. The Morgan fingerprint density at radius 2 is 1.63 bits per heavy atom. The standard InChI is InChI=1S/C20H30N4O3/c1-17-4-2-3-5-18(17)21-7-6-19(25)23-10-8-22(9-11-23)16-20(26)24-12-14-27-15-13-24/h2-5,21H,6-16H2,1H3. The molecule has 3 rings (SSSR count). The van der Waals surface area contributed by atoms with Crippen LogP contribution in [-0.4, -0.2) is 92.1 Å². The Balaban J connectivity index is 1.35. The molecule has 2 amide bonds. The number of ether oxygens (including phenoxy) is 1. The molecule has 148 valence electrons. The molecule has 1 aromatic carbocycles. The van der Waals surface area contributed by atoms with Gasteiger partial charge in [-0.3, -0.25) is 14.5 Å². The maximum atomic E-state index is 12.4. The molecule has 2 aliphatic rings. The second-order valence-electron chi connectivity index (χ2n) is 7.14. The van der Waals surface area contributed by atoms with E-state index in [-0.39, 0.29) is 11.8 Å². The number of aryl methyl sites for hydroxylation is 1. The summed E-state index contributed by atoms with van der Waals surface area (Å²) in [6.45, 7) is 8.67. The monoisotopic (exact) mass is 374 g/mol. The number of morpholine rings is 1. The van der Waals surface area contributed by atoms with Crippen LogP contribution in [0.1, 0.15) is 12.0 Å². The number of para-hydroxylation sites is 1. The third-order valence-electron chi connectivity index (χ3n) is 5.25. The van der Waals surface area contributed by atoms with E-state index in [1.54, 1.807) is 0 Å². The Labute approximate surface area is 161 Å². The van der Waals surface area contributed by atoms with Gasteiger partial charge in [-0.1, -0.05) is 18.2 Å². The van der Waals surface area contributed by atoms with Gasteiger partial charge in [0.15, 0.2) is 0 Å². The lowest BCUT2D eigenvalue weighted by Crippen LogP contribution is -2.52. The second-order valence-corrected chi connectivity index (χ2v) is 7.14. The van der Waals surface area contributed by atoms with Crippen LogP contribution < -0.4 is 5.32 Å². The highest BCUT2D eigenvalue weighted by atomic mass is 16.5. The first-order chi connectivity index (χ1) is 13.1. The van der Waals surface area contributed by atoms with E-state index in [1.807, 2.05) is 28.0 Å². The van der Waals surface area contributed by atoms with Crippen LogP contribution in [0.4, 0.5) is 5.69 Å². The minimum atomic E-state index is 0.167. The predicted octanol–water partition coefficient (Wildman–Crippen LogP) is 0.800. The molecule has 1 N–H and O–H groups in total. The lowest BCUT2D eigenvalue weighted by Gasteiger charge is -2.36. The van der Waals surface area contributed by atoms with Crippen molar-refractivity contribution >= 4 is 17.5 Å². The Bertz CT molecular complexity index is 638. The number of nitrogens with one attached hydrogen (secondary N) is 1. The first kappa shape index (κ1) is 19.6. The van der Waals surface area contributed by atoms with Crippen molar-refractivity contribution in [3.8, 4) is 0 Å². The van der Waals surface area contributed by atoms with Gasteiger partial charge < -0.3 is 19.9 Å². The number of benzene rings is 1. The molecule has 7 heteroatoms. The van der Waals surface area contributed by atoms with Crippen LogP contribution in [0.25, 0.3) is 0 Å². The summed E-state index contributed by atoms with van der Waals surface area (Å²) in [7, 11) is 0. The summed E-state index contributed by atoms with van der Waals surface area (Å²) in [5.41, 5.74) is 2.26. The van der Waals surface area contributed by atoms with E-state index in [1.165, 1.54) is 5.56 Å². The lowest BCUT2D eigenvalue weighted by atomic mass is 10.2. The van der Waals surface area contributed by atoms with Crippen LogP contribution >= 0.6 is 0 Å². The highest BCUT2D eigenvalue weighted by molar-refractivity contribution is 5.79. The molecule has 2 fully saturated rings. The first-order valence-corrected chi connectivity index (χ1v) is 9.78. The van der Waals surface area contributed by atoms with Crippen molar-refractivity contribution in [2.75, 3.05) is 70.9 Å². The third kappa shape index (κ3) is 5.68. The number of amides is 2. The van der Waals surface area contributed by atoms with E-state index < -0.39 is 0 Å². The molecule has 0 atom stereocenters. The quantitative estimate of drug-likeness (QED) is 0.798. The van der Waals surface area contributed by atoms with Gasteiger partial charge in [0.05, 0.1) is 19.8 Å². The molecule has 0 aromatic heterocycles. The molecule has 0 spiro atoms. The Kier molecular flexibility index (Phi) is 7.06. The van der Waals surface area contributed by atoms with Gasteiger partial charge >= 0.3 is 0 Å². The number of carbonyl (C=O) groups excluding carboxylic acids is 2. The Morgan fingerprint density at radius 1 is 0.963 bits per heavy atom. The van der Waals surface area contributed by atoms with E-state index in [4.69, 9.17) is 4.74 Å². The molecule has 1 aromatic rings. The molecule has 0 aliphatic carbocycles. The average molecular weight is 374 g/mol. The number of hydrogen-bond acceptors (Lipinski definition) is 5. The van der Waals surface area contributed by atoms with Crippen LogP contribution in [0, 0.1) is 6.92 Å². The van der Waals surface area contributed by atoms with Gasteiger partial charge in [-0.25, -0.2) is 0 Å². The molecular formula is C20H30N4O3. The summed E-state index contributed by atoms with van der Waals surface area (Å²) in [5, 5.41) is 3.34. The first-order valence-electron chi connectivity index (χ1n) is 9.78. The van der Waals surface area contributed by atoms with Crippen LogP contribution in [0.3, 0.4) is 0 Å². The van der Waals surface area contributed by atoms with Crippen LogP contribution in [0.2, 0.25) is 0 Å². The molecule has 0 radical (unpaired) electrons. The molecule has 27 heavy (non-hydrogen) atoms. The molecule has 2 heterocycles. The van der Waals surface area contributed by atoms with Gasteiger partial charge in [-0.05, 0) is 18.6 Å². The number of carbonyl (C=O) groups is 2. The number of anilines is 1. The zero-order valence-electron chi connectivity index (χ0n) is 16.2. The fourth-order valence-electron chi connectivity index (χ4n) is 3.49. The van der Waals surface area contributed by atoms with E-state index in [2.05, 4.69) is 23.2 Å². The van der Waals surface area contributed by atoms with Crippen molar-refractivity contribution in [1.29, 1.82) is 0 Å². The van der Waals surface area contributed by atoms with Crippen LogP contribution in [-0.2, 0) is 14.3 Å². The number of rotatable bonds is 6. The largest absolute Gasteiger partial charge is 0.384 e. The lowest BCUT2D eigenvalue weighted by molar-refractivity contribution is -0.137. The summed E-state index contributed by atoms with van der Waals surface area (Å²) in [4.78, 5) is 30.7. The van der Waals surface area contributed by atoms with Crippen LogP contribution in [0.15, 0.2) is 24.3 Å². The average Bonchev–Trinajstić information content (AvgIpc) is 2.70. The number of hydrogen-bond donors (Lipinski definition) is 1. The van der Waals surface area contributed by atoms with E-state index >= 15 is 0 Å². The number of nitrogens with zero attached hydrogens (tertiary/aromatic N) is 3. The normalized spacial score (nSPS) is 18.4. The zero-order valence-corrected chi connectivity index (χ0v) is 16.2. The van der Waals surface area contributed by atoms with Crippen molar-refractivity contribution in [1.82, 2.24) is 14.7 Å². The minimum absolute atomic E-state index is 0.167. The molecule has 7 nitrogen and oxygen atoms in total. The van der Waals surface area contributed by atoms with Crippen LogP contribution in [0.5, 0.6) is 0 Å². The van der Waals surface area contributed by atoms with Crippen molar-refractivity contribution in [3.05, 3.63) is 29.8 Å². The highest BCUT2D eigenvalue weighted by Gasteiger charge is 2.24. The van der Waals surface area contributed by atoms with E-state index in [9.17, 15) is 9.59 Å². The summed E-state index contributed by atoms with van der Waals surface area (Å²) in [6, 6.07) is 8.09. The maximum Gasteiger partial charge on any atom is 0.236 e. The SMILES string of the molecule is Cc1ccccc1NCCC(=O)N1CCN(CC(=O)N2CCOCC2)CC1. The van der Waals surface area contributed by atoms with Crippen molar-refractivity contribution in [3.63, 3.8) is 0 Å². The zero-order chi connectivity index (χ0) is 19.1. The Hall–Kier alpha value is -2.12. The van der Waals surface area contributed by atoms with Crippen molar-refractivity contribution in [2.24, 2.45) is 0 Å². The van der Waals surface area contributed by atoms with Gasteiger partial charge in [0, 0.05) is 57.9 Å². The van der Waals surface area contributed by atoms with Crippen molar-refractivity contribution < 1.29 is 14.3 Å². The smallest absolute Gasteiger partial charge is 0.236 e. The second kappa shape index (κ2) is 9.71. The Morgan fingerprint density at radius 3 is 2.33 bits per heavy atom. The van der Waals surface area contributed by atoms with Gasteiger partial charge in [0.1, 0.15) is 0 Å². The summed E-state index contributed by atoms with van der Waals surface area (Å²) in [6.07, 6.45) is 0.487. The third-order valence-corrected chi connectivity index (χ3v) is 5.25. The van der Waals surface area contributed by atoms with E-state index in [0.717, 1.165) is 18.8 Å². The van der Waals surface area contributed by atoms with Gasteiger partial charge in [-0.15, -0.1) is 0 Å². The fraction of sp³-hybridized carbons (Fsp3) is 0.600. The molecular weight excluding hydrogens is 344 g/mol. The molecule has 2 saturated heterocycles. The molecule has 0 saturated carbocycles. The summed E-state index contributed by atoms with van der Waals surface area (Å²) < 4.78 is 5.29. The summed E-state index contributed by atoms with van der Waals surface area (Å²) >= 11 is 0. The molecule has 0 bridgehead atoms. The number of piperazine rings is 1. The maximum absolute atomic E-state index is 12.4. The molecule has 2 aliphatic heterocycles. The van der Waals surface area contributed by atoms with Gasteiger partial charge in [-0.2, -0.15) is 0 Å². The summed E-state index contributed by atoms with van der Waals surface area (Å²) in [5.74, 6) is 0.343. The van der Waals surface area contributed by atoms with E-state index in [0.29, 0.717) is 58.9 Å². The fourth-order valence-corrected chi connectivity index (χ4v) is 3.49. The highest BCUT2D eigenvalue weighted by Crippen LogP contribution is 2.13. The predicted molar refractivity (Wildman–Crippen MR) is 105 cm³/mol. The van der Waals surface area contributed by atoms with Gasteiger partial charge in [0.2, 0.25) is 11.8 Å². The van der Waals surface area contributed by atoms with Gasteiger partial charge in [0.25, 0.3) is 0 Å².